The van der Waals surface area contributed by atoms with Gasteiger partial charge in [-0.2, -0.15) is 0 Å². The van der Waals surface area contributed by atoms with Gasteiger partial charge in [-0.15, -0.1) is 0 Å². The molecular formula is C19H26N6O. The molecule has 4 rings (SSSR count). The zero-order valence-corrected chi connectivity index (χ0v) is 15.7. The molecule has 7 nitrogen and oxygen atoms in total. The predicted molar refractivity (Wildman–Crippen MR) is 100 cm³/mol. The Balaban J connectivity index is 1.39. The van der Waals surface area contributed by atoms with Gasteiger partial charge in [0.15, 0.2) is 0 Å². The van der Waals surface area contributed by atoms with Crippen LogP contribution in [0.4, 0.5) is 5.82 Å². The highest BCUT2D eigenvalue weighted by Crippen LogP contribution is 2.34. The molecule has 0 saturated carbocycles. The number of aromatic nitrogens is 4. The van der Waals surface area contributed by atoms with Crippen molar-refractivity contribution in [3.8, 4) is 0 Å². The minimum absolute atomic E-state index is 0.00489. The predicted octanol–water partition coefficient (Wildman–Crippen LogP) is 1.26. The maximum Gasteiger partial charge on any atom is 0.253 e. The van der Waals surface area contributed by atoms with E-state index in [9.17, 15) is 4.79 Å². The Morgan fingerprint density at radius 2 is 1.81 bits per heavy atom. The molecule has 2 aliphatic rings. The van der Waals surface area contributed by atoms with E-state index >= 15 is 0 Å². The SMILES string of the molecule is CC(C)c1cc(N2CC3CN(Cc4cc(=O)n(C)cn4)CC3C2)ncn1. The number of anilines is 1. The normalized spacial score (nSPS) is 23.0. The number of fused-ring (bicyclic) bond motifs is 1. The van der Waals surface area contributed by atoms with E-state index in [1.807, 2.05) is 0 Å². The van der Waals surface area contributed by atoms with Gasteiger partial charge in [0.1, 0.15) is 12.1 Å². The maximum atomic E-state index is 11.8. The number of aryl methyl sites for hydroxylation is 1. The highest BCUT2D eigenvalue weighted by atomic mass is 16.1. The van der Waals surface area contributed by atoms with Crippen molar-refractivity contribution in [1.29, 1.82) is 0 Å². The quantitative estimate of drug-likeness (QED) is 0.824. The van der Waals surface area contributed by atoms with Crippen LogP contribution in [-0.2, 0) is 13.6 Å². The minimum Gasteiger partial charge on any atom is -0.356 e. The second kappa shape index (κ2) is 6.79. The van der Waals surface area contributed by atoms with Gasteiger partial charge in [-0.1, -0.05) is 13.8 Å². The molecule has 4 heterocycles. The van der Waals surface area contributed by atoms with E-state index in [4.69, 9.17) is 0 Å². The van der Waals surface area contributed by atoms with Gasteiger partial charge in [0.2, 0.25) is 0 Å². The third kappa shape index (κ3) is 3.35. The third-order valence-corrected chi connectivity index (χ3v) is 5.57. The molecule has 2 atom stereocenters. The summed E-state index contributed by atoms with van der Waals surface area (Å²) in [6, 6.07) is 3.78. The van der Waals surface area contributed by atoms with Crippen molar-refractivity contribution in [1.82, 2.24) is 24.4 Å². The van der Waals surface area contributed by atoms with Crippen LogP contribution in [-0.4, -0.2) is 50.6 Å². The molecule has 2 unspecified atom stereocenters. The van der Waals surface area contributed by atoms with E-state index in [2.05, 4.69) is 44.7 Å². The molecule has 0 aromatic carbocycles. The molecule has 0 spiro atoms. The fourth-order valence-corrected chi connectivity index (χ4v) is 4.07. The van der Waals surface area contributed by atoms with Crippen molar-refractivity contribution in [3.63, 3.8) is 0 Å². The molecule has 0 N–H and O–H groups in total. The van der Waals surface area contributed by atoms with E-state index in [-0.39, 0.29) is 5.56 Å². The number of hydrogen-bond acceptors (Lipinski definition) is 6. The molecule has 2 aromatic rings. The Hall–Kier alpha value is -2.28. The molecule has 0 bridgehead atoms. The molecule has 2 saturated heterocycles. The second-order valence-electron chi connectivity index (χ2n) is 7.90. The van der Waals surface area contributed by atoms with Gasteiger partial charge in [-0.05, 0) is 17.8 Å². The van der Waals surface area contributed by atoms with E-state index < -0.39 is 0 Å². The fraction of sp³-hybridized carbons (Fsp3) is 0.579. The summed E-state index contributed by atoms with van der Waals surface area (Å²) in [7, 11) is 1.73. The average Bonchev–Trinajstić information content (AvgIpc) is 3.17. The Morgan fingerprint density at radius 1 is 1.08 bits per heavy atom. The van der Waals surface area contributed by atoms with E-state index in [1.54, 1.807) is 25.8 Å². The zero-order valence-electron chi connectivity index (χ0n) is 15.7. The van der Waals surface area contributed by atoms with Gasteiger partial charge in [0.25, 0.3) is 5.56 Å². The molecule has 2 aromatic heterocycles. The van der Waals surface area contributed by atoms with Crippen LogP contribution < -0.4 is 10.5 Å². The van der Waals surface area contributed by atoms with Gasteiger partial charge >= 0.3 is 0 Å². The molecule has 138 valence electrons. The largest absolute Gasteiger partial charge is 0.356 e. The van der Waals surface area contributed by atoms with Gasteiger partial charge in [0.05, 0.1) is 12.0 Å². The van der Waals surface area contributed by atoms with Gasteiger partial charge in [-0.25, -0.2) is 15.0 Å². The van der Waals surface area contributed by atoms with Crippen molar-refractivity contribution < 1.29 is 0 Å². The summed E-state index contributed by atoms with van der Waals surface area (Å²) in [5, 5.41) is 0. The monoisotopic (exact) mass is 354 g/mol. The first-order valence-corrected chi connectivity index (χ1v) is 9.30. The maximum absolute atomic E-state index is 11.8. The number of nitrogens with zero attached hydrogens (tertiary/aromatic N) is 6. The first-order chi connectivity index (χ1) is 12.5. The topological polar surface area (TPSA) is 67.2 Å². The van der Waals surface area contributed by atoms with Gasteiger partial charge in [0, 0.05) is 57.6 Å². The molecular weight excluding hydrogens is 328 g/mol. The lowest BCUT2D eigenvalue weighted by molar-refractivity contribution is 0.304. The highest BCUT2D eigenvalue weighted by Gasteiger charge is 2.40. The van der Waals surface area contributed by atoms with Crippen molar-refractivity contribution in [2.45, 2.75) is 26.3 Å². The van der Waals surface area contributed by atoms with E-state index in [1.165, 1.54) is 4.57 Å². The van der Waals surface area contributed by atoms with Crippen LogP contribution >= 0.6 is 0 Å². The van der Waals surface area contributed by atoms with Crippen LogP contribution in [0.2, 0.25) is 0 Å². The van der Waals surface area contributed by atoms with Gasteiger partial charge in [-0.3, -0.25) is 9.69 Å². The highest BCUT2D eigenvalue weighted by molar-refractivity contribution is 5.41. The first-order valence-electron chi connectivity index (χ1n) is 9.30. The van der Waals surface area contributed by atoms with Crippen molar-refractivity contribution in [2.24, 2.45) is 18.9 Å². The summed E-state index contributed by atoms with van der Waals surface area (Å²) in [5.41, 5.74) is 1.97. The van der Waals surface area contributed by atoms with Crippen LogP contribution in [0.5, 0.6) is 0 Å². The first kappa shape index (κ1) is 17.1. The number of rotatable bonds is 4. The number of likely N-dealkylation sites (tertiary alicyclic amines) is 1. The van der Waals surface area contributed by atoms with Crippen LogP contribution in [0.15, 0.2) is 29.6 Å². The van der Waals surface area contributed by atoms with Gasteiger partial charge < -0.3 is 9.47 Å². The Labute approximate surface area is 153 Å². The Kier molecular flexibility index (Phi) is 4.48. The molecule has 0 amide bonds. The van der Waals surface area contributed by atoms with Crippen LogP contribution in [0.25, 0.3) is 0 Å². The molecule has 0 radical (unpaired) electrons. The van der Waals surface area contributed by atoms with Crippen molar-refractivity contribution >= 4 is 5.82 Å². The smallest absolute Gasteiger partial charge is 0.253 e. The summed E-state index contributed by atoms with van der Waals surface area (Å²) in [4.78, 5) is 29.8. The fourth-order valence-electron chi connectivity index (χ4n) is 4.07. The lowest BCUT2D eigenvalue weighted by atomic mass is 10.0. The van der Waals surface area contributed by atoms with Crippen molar-refractivity contribution in [2.75, 3.05) is 31.1 Å². The van der Waals surface area contributed by atoms with E-state index in [0.717, 1.165) is 49.9 Å². The summed E-state index contributed by atoms with van der Waals surface area (Å²) < 4.78 is 1.51. The molecule has 2 fully saturated rings. The molecule has 0 aliphatic carbocycles. The Morgan fingerprint density at radius 3 is 2.46 bits per heavy atom. The minimum atomic E-state index is 0.00489. The summed E-state index contributed by atoms with van der Waals surface area (Å²) in [6.07, 6.45) is 3.30. The van der Waals surface area contributed by atoms with Crippen LogP contribution in [0.1, 0.15) is 31.2 Å². The number of hydrogen-bond donors (Lipinski definition) is 0. The molecule has 7 heteroatoms. The van der Waals surface area contributed by atoms with E-state index in [0.29, 0.717) is 17.8 Å². The molecule has 2 aliphatic heterocycles. The lowest BCUT2D eigenvalue weighted by Crippen LogP contribution is -2.30. The summed E-state index contributed by atoms with van der Waals surface area (Å²) in [6.45, 7) is 9.27. The zero-order chi connectivity index (χ0) is 18.3. The third-order valence-electron chi connectivity index (χ3n) is 5.57. The van der Waals surface area contributed by atoms with Crippen LogP contribution in [0.3, 0.4) is 0 Å². The second-order valence-corrected chi connectivity index (χ2v) is 7.90. The summed E-state index contributed by atoms with van der Waals surface area (Å²) in [5.74, 6) is 2.77. The summed E-state index contributed by atoms with van der Waals surface area (Å²) >= 11 is 0. The Bertz CT molecular complexity index is 834. The average molecular weight is 354 g/mol. The lowest BCUT2D eigenvalue weighted by Gasteiger charge is -2.22. The standard InChI is InChI=1S/C19H26N6O/c1-13(2)17-5-18(21-11-20-17)25-8-14-6-24(7-15(14)9-25)10-16-4-19(26)23(3)12-22-16/h4-5,11-15H,6-10H2,1-3H3. The van der Waals surface area contributed by atoms with Crippen molar-refractivity contribution in [3.05, 3.63) is 46.5 Å². The molecule has 26 heavy (non-hydrogen) atoms. The van der Waals surface area contributed by atoms with Crippen LogP contribution in [0, 0.1) is 11.8 Å².